The molecule has 0 spiro atoms. The van der Waals surface area contributed by atoms with Crippen molar-refractivity contribution < 1.29 is 4.74 Å². The van der Waals surface area contributed by atoms with Crippen LogP contribution in [0.4, 0.5) is 5.95 Å². The lowest BCUT2D eigenvalue weighted by molar-refractivity contribution is 0.415. The molecule has 3 aromatic rings. The summed E-state index contributed by atoms with van der Waals surface area (Å²) in [5.74, 6) is 1.22. The second-order valence-electron chi connectivity index (χ2n) is 4.61. The number of rotatable bonds is 2. The van der Waals surface area contributed by atoms with Gasteiger partial charge in [-0.15, -0.1) is 0 Å². The van der Waals surface area contributed by atoms with Crippen molar-refractivity contribution in [2.75, 3.05) is 12.8 Å². The molecule has 0 saturated carbocycles. The van der Waals surface area contributed by atoms with Crippen molar-refractivity contribution in [1.29, 1.82) is 0 Å². The Labute approximate surface area is 125 Å². The van der Waals surface area contributed by atoms with Crippen LogP contribution in [-0.4, -0.2) is 16.7 Å². The van der Waals surface area contributed by atoms with Gasteiger partial charge in [-0.25, -0.2) is 4.98 Å². The van der Waals surface area contributed by atoms with E-state index in [4.69, 9.17) is 10.5 Å². The SMILES string of the molecule is COc1ccc2c(c1)nc(N)n2-c1ccc(C)cc1Br. The minimum Gasteiger partial charge on any atom is -0.497 e. The number of nitrogen functional groups attached to an aromatic ring is 1. The van der Waals surface area contributed by atoms with Crippen molar-refractivity contribution >= 4 is 32.9 Å². The number of methoxy groups -OCH3 is 1. The molecule has 5 heteroatoms. The standard InChI is InChI=1S/C15H14BrN3O/c1-9-3-5-13(11(16)7-9)19-14-6-4-10(20-2)8-12(14)18-15(19)17/h3-8H,1-2H3,(H2,17,18). The number of halogens is 1. The zero-order valence-corrected chi connectivity index (χ0v) is 12.8. The third-order valence-corrected chi connectivity index (χ3v) is 3.87. The minimum absolute atomic E-state index is 0.456. The van der Waals surface area contributed by atoms with Gasteiger partial charge in [0.1, 0.15) is 5.75 Å². The monoisotopic (exact) mass is 331 g/mol. The predicted molar refractivity (Wildman–Crippen MR) is 84.5 cm³/mol. The Morgan fingerprint density at radius 2 is 2.00 bits per heavy atom. The summed E-state index contributed by atoms with van der Waals surface area (Å²) in [5.41, 5.74) is 10.00. The van der Waals surface area contributed by atoms with E-state index in [9.17, 15) is 0 Å². The number of fused-ring (bicyclic) bond motifs is 1. The van der Waals surface area contributed by atoms with Crippen LogP contribution >= 0.6 is 15.9 Å². The number of nitrogens with two attached hydrogens (primary N) is 1. The second-order valence-corrected chi connectivity index (χ2v) is 5.47. The lowest BCUT2D eigenvalue weighted by Crippen LogP contribution is -2.01. The van der Waals surface area contributed by atoms with Gasteiger partial charge in [0.2, 0.25) is 5.95 Å². The first kappa shape index (κ1) is 13.0. The maximum atomic E-state index is 6.07. The first-order chi connectivity index (χ1) is 9.60. The number of benzene rings is 2. The average molecular weight is 332 g/mol. The highest BCUT2D eigenvalue weighted by atomic mass is 79.9. The van der Waals surface area contributed by atoms with Crippen molar-refractivity contribution in [3.8, 4) is 11.4 Å². The topological polar surface area (TPSA) is 53.1 Å². The van der Waals surface area contributed by atoms with Crippen LogP contribution in [0.3, 0.4) is 0 Å². The van der Waals surface area contributed by atoms with Crippen molar-refractivity contribution in [2.24, 2.45) is 0 Å². The van der Waals surface area contributed by atoms with Gasteiger partial charge in [0.25, 0.3) is 0 Å². The molecule has 1 aromatic heterocycles. The maximum Gasteiger partial charge on any atom is 0.205 e. The maximum absolute atomic E-state index is 6.07. The smallest absolute Gasteiger partial charge is 0.205 e. The number of hydrogen-bond donors (Lipinski definition) is 1. The molecule has 0 aliphatic carbocycles. The first-order valence-electron chi connectivity index (χ1n) is 6.18. The third kappa shape index (κ3) is 2.04. The van der Waals surface area contributed by atoms with Gasteiger partial charge in [-0.2, -0.15) is 0 Å². The molecular formula is C15H14BrN3O. The molecule has 0 fully saturated rings. The molecule has 0 amide bonds. The summed E-state index contributed by atoms with van der Waals surface area (Å²) >= 11 is 3.59. The molecule has 0 saturated heterocycles. The van der Waals surface area contributed by atoms with Crippen LogP contribution in [0, 0.1) is 6.92 Å². The molecular weight excluding hydrogens is 318 g/mol. The minimum atomic E-state index is 0.456. The van der Waals surface area contributed by atoms with Crippen LogP contribution in [0.25, 0.3) is 16.7 Å². The Morgan fingerprint density at radius 3 is 2.70 bits per heavy atom. The lowest BCUT2D eigenvalue weighted by atomic mass is 10.2. The zero-order valence-electron chi connectivity index (χ0n) is 11.2. The zero-order chi connectivity index (χ0) is 14.3. The molecule has 0 bridgehead atoms. The van der Waals surface area contributed by atoms with E-state index in [1.54, 1.807) is 7.11 Å². The number of aromatic nitrogens is 2. The van der Waals surface area contributed by atoms with Crippen molar-refractivity contribution in [2.45, 2.75) is 6.92 Å². The molecule has 20 heavy (non-hydrogen) atoms. The molecule has 2 aromatic carbocycles. The van der Waals surface area contributed by atoms with Crippen molar-refractivity contribution in [3.05, 3.63) is 46.4 Å². The van der Waals surface area contributed by atoms with Gasteiger partial charge in [0.15, 0.2) is 0 Å². The van der Waals surface area contributed by atoms with Crippen LogP contribution in [0.15, 0.2) is 40.9 Å². The van der Waals surface area contributed by atoms with Gasteiger partial charge in [-0.3, -0.25) is 4.57 Å². The Bertz CT molecular complexity index is 795. The Morgan fingerprint density at radius 1 is 1.20 bits per heavy atom. The lowest BCUT2D eigenvalue weighted by Gasteiger charge is -2.10. The predicted octanol–water partition coefficient (Wildman–Crippen LogP) is 3.69. The number of anilines is 1. The van der Waals surface area contributed by atoms with Gasteiger partial charge >= 0.3 is 0 Å². The number of imidazole rings is 1. The van der Waals surface area contributed by atoms with E-state index in [0.717, 1.165) is 26.9 Å². The van der Waals surface area contributed by atoms with E-state index in [1.165, 1.54) is 5.56 Å². The number of hydrogen-bond acceptors (Lipinski definition) is 3. The second kappa shape index (κ2) is 4.83. The van der Waals surface area contributed by atoms with Crippen molar-refractivity contribution in [1.82, 2.24) is 9.55 Å². The molecule has 1 heterocycles. The van der Waals surface area contributed by atoms with Gasteiger partial charge in [0, 0.05) is 10.5 Å². The van der Waals surface area contributed by atoms with Gasteiger partial charge in [-0.05, 0) is 52.7 Å². The van der Waals surface area contributed by atoms with Crippen LogP contribution in [-0.2, 0) is 0 Å². The highest BCUT2D eigenvalue weighted by molar-refractivity contribution is 9.10. The Balaban J connectivity index is 2.27. The van der Waals surface area contributed by atoms with E-state index in [-0.39, 0.29) is 0 Å². The molecule has 0 atom stereocenters. The summed E-state index contributed by atoms with van der Waals surface area (Å²) in [5, 5.41) is 0. The molecule has 3 rings (SSSR count). The summed E-state index contributed by atoms with van der Waals surface area (Å²) in [6.07, 6.45) is 0. The molecule has 2 N–H and O–H groups in total. The summed E-state index contributed by atoms with van der Waals surface area (Å²) in [4.78, 5) is 4.40. The Kier molecular flexibility index (Phi) is 3.14. The van der Waals surface area contributed by atoms with Crippen LogP contribution in [0.1, 0.15) is 5.56 Å². The summed E-state index contributed by atoms with van der Waals surface area (Å²) in [6, 6.07) is 11.9. The van der Waals surface area contributed by atoms with Crippen LogP contribution in [0.5, 0.6) is 5.75 Å². The third-order valence-electron chi connectivity index (χ3n) is 3.23. The summed E-state index contributed by atoms with van der Waals surface area (Å²) in [7, 11) is 1.64. The van der Waals surface area contributed by atoms with E-state index in [2.05, 4.69) is 40.0 Å². The van der Waals surface area contributed by atoms with Gasteiger partial charge in [-0.1, -0.05) is 6.07 Å². The first-order valence-corrected chi connectivity index (χ1v) is 6.98. The fourth-order valence-electron chi connectivity index (χ4n) is 2.25. The molecule has 4 nitrogen and oxygen atoms in total. The Hall–Kier alpha value is -2.01. The quantitative estimate of drug-likeness (QED) is 0.779. The molecule has 0 aliphatic rings. The molecule has 0 aliphatic heterocycles. The number of aryl methyl sites for hydroxylation is 1. The van der Waals surface area contributed by atoms with Gasteiger partial charge in [0.05, 0.1) is 23.8 Å². The average Bonchev–Trinajstić information content (AvgIpc) is 2.74. The molecule has 102 valence electrons. The van der Waals surface area contributed by atoms with Crippen LogP contribution in [0.2, 0.25) is 0 Å². The number of ether oxygens (including phenoxy) is 1. The largest absolute Gasteiger partial charge is 0.497 e. The molecule has 0 radical (unpaired) electrons. The molecule has 0 unspecified atom stereocenters. The van der Waals surface area contributed by atoms with E-state index < -0.39 is 0 Å². The fraction of sp³-hybridized carbons (Fsp3) is 0.133. The van der Waals surface area contributed by atoms with E-state index in [0.29, 0.717) is 5.95 Å². The summed E-state index contributed by atoms with van der Waals surface area (Å²) in [6.45, 7) is 2.05. The van der Waals surface area contributed by atoms with Crippen molar-refractivity contribution in [3.63, 3.8) is 0 Å². The fourth-order valence-corrected chi connectivity index (χ4v) is 2.92. The highest BCUT2D eigenvalue weighted by Gasteiger charge is 2.13. The number of nitrogens with zero attached hydrogens (tertiary/aromatic N) is 2. The van der Waals surface area contributed by atoms with Gasteiger partial charge < -0.3 is 10.5 Å². The van der Waals surface area contributed by atoms with E-state index in [1.807, 2.05) is 28.8 Å². The summed E-state index contributed by atoms with van der Waals surface area (Å²) < 4.78 is 8.13. The van der Waals surface area contributed by atoms with E-state index >= 15 is 0 Å². The normalized spacial score (nSPS) is 10.9. The van der Waals surface area contributed by atoms with Crippen LogP contribution < -0.4 is 10.5 Å². The highest BCUT2D eigenvalue weighted by Crippen LogP contribution is 2.30.